The molecule has 0 fully saturated rings. The van der Waals surface area contributed by atoms with Gasteiger partial charge in [0.05, 0.1) is 19.1 Å². The quantitative estimate of drug-likeness (QED) is 0.923. The average Bonchev–Trinajstić information content (AvgIpc) is 3.04. The number of hydrogen-bond acceptors (Lipinski definition) is 4. The second kappa shape index (κ2) is 6.96. The van der Waals surface area contributed by atoms with Crippen LogP contribution in [0.3, 0.4) is 0 Å². The van der Waals surface area contributed by atoms with Crippen LogP contribution < -0.4 is 5.32 Å². The molecular weight excluding hydrogens is 314 g/mol. The maximum Gasteiger partial charge on any atom is 0.234 e. The minimum Gasteiger partial charge on any atom is -0.348 e. The van der Waals surface area contributed by atoms with Crippen LogP contribution in [-0.4, -0.2) is 38.7 Å². The summed E-state index contributed by atoms with van der Waals surface area (Å²) < 4.78 is 2.19. The lowest BCUT2D eigenvalue weighted by Crippen LogP contribution is -2.43. The fraction of sp³-hybridized carbons (Fsp3) is 0.526. The summed E-state index contributed by atoms with van der Waals surface area (Å²) in [5.74, 6) is 2.11. The van der Waals surface area contributed by atoms with E-state index in [0.717, 1.165) is 50.4 Å². The van der Waals surface area contributed by atoms with Crippen molar-refractivity contribution in [1.29, 1.82) is 0 Å². The Kier molecular flexibility index (Phi) is 4.53. The Hall–Kier alpha value is -2.21. The zero-order valence-electron chi connectivity index (χ0n) is 14.7. The summed E-state index contributed by atoms with van der Waals surface area (Å²) >= 11 is 0. The normalized spacial score (nSPS) is 20.0. The number of hydrogen-bond donors (Lipinski definition) is 1. The van der Waals surface area contributed by atoms with Gasteiger partial charge in [0.25, 0.3) is 0 Å². The summed E-state index contributed by atoms with van der Waals surface area (Å²) in [6, 6.07) is 8.62. The van der Waals surface area contributed by atoms with Crippen LogP contribution in [-0.2, 0) is 30.7 Å². The molecule has 2 heterocycles. The third-order valence-electron chi connectivity index (χ3n) is 5.30. The number of nitrogens with zero attached hydrogens (tertiary/aromatic N) is 4. The molecule has 1 atom stereocenters. The summed E-state index contributed by atoms with van der Waals surface area (Å²) in [4.78, 5) is 14.7. The van der Waals surface area contributed by atoms with E-state index in [0.29, 0.717) is 13.1 Å². The van der Waals surface area contributed by atoms with Crippen molar-refractivity contribution in [3.05, 3.63) is 47.0 Å². The number of carbonyl (C=O) groups excluding carboxylic acids is 1. The van der Waals surface area contributed by atoms with Crippen LogP contribution in [0.1, 0.15) is 48.6 Å². The van der Waals surface area contributed by atoms with Gasteiger partial charge in [-0.1, -0.05) is 31.2 Å². The van der Waals surface area contributed by atoms with E-state index in [9.17, 15) is 4.79 Å². The minimum atomic E-state index is 0.102. The SMILES string of the molecule is CCc1nnc2n1CCN(CC(=O)NC1CCCc3ccccc31)C2. The molecule has 1 aromatic carbocycles. The molecule has 132 valence electrons. The third-order valence-corrected chi connectivity index (χ3v) is 5.30. The van der Waals surface area contributed by atoms with E-state index in [1.807, 2.05) is 0 Å². The minimum absolute atomic E-state index is 0.102. The Morgan fingerprint density at radius 3 is 3.04 bits per heavy atom. The van der Waals surface area contributed by atoms with E-state index in [2.05, 4.69) is 56.2 Å². The van der Waals surface area contributed by atoms with Crippen LogP contribution in [0, 0.1) is 0 Å². The van der Waals surface area contributed by atoms with Gasteiger partial charge in [-0.3, -0.25) is 9.69 Å². The molecule has 0 radical (unpaired) electrons. The van der Waals surface area contributed by atoms with Crippen molar-refractivity contribution in [2.24, 2.45) is 0 Å². The highest BCUT2D eigenvalue weighted by molar-refractivity contribution is 5.78. The van der Waals surface area contributed by atoms with Crippen molar-refractivity contribution in [2.45, 2.75) is 51.7 Å². The molecule has 1 aromatic heterocycles. The Balaban J connectivity index is 1.37. The standard InChI is InChI=1S/C19H25N5O/c1-2-17-21-22-18-12-23(10-11-24(17)18)13-19(25)20-16-9-5-7-14-6-3-4-8-15(14)16/h3-4,6,8,16H,2,5,7,9-13H2,1H3,(H,20,25). The van der Waals surface area contributed by atoms with E-state index >= 15 is 0 Å². The van der Waals surface area contributed by atoms with Crippen molar-refractivity contribution in [1.82, 2.24) is 25.0 Å². The molecule has 25 heavy (non-hydrogen) atoms. The first-order valence-electron chi connectivity index (χ1n) is 9.25. The summed E-state index contributed by atoms with van der Waals surface area (Å²) in [6.07, 6.45) is 4.17. The number of carbonyl (C=O) groups is 1. The highest BCUT2D eigenvalue weighted by Gasteiger charge is 2.25. The van der Waals surface area contributed by atoms with Crippen LogP contribution in [0.5, 0.6) is 0 Å². The number of rotatable bonds is 4. The maximum atomic E-state index is 12.6. The number of fused-ring (bicyclic) bond motifs is 2. The van der Waals surface area contributed by atoms with Crippen LogP contribution in [0.4, 0.5) is 0 Å². The fourth-order valence-electron chi connectivity index (χ4n) is 4.01. The predicted molar refractivity (Wildman–Crippen MR) is 94.9 cm³/mol. The van der Waals surface area contributed by atoms with Gasteiger partial charge in [0.1, 0.15) is 11.6 Å². The summed E-state index contributed by atoms with van der Waals surface area (Å²) in [5, 5.41) is 11.7. The molecule has 1 N–H and O–H groups in total. The lowest BCUT2D eigenvalue weighted by Gasteiger charge is -2.30. The molecule has 2 aromatic rings. The zero-order valence-corrected chi connectivity index (χ0v) is 14.7. The first kappa shape index (κ1) is 16.3. The average molecular weight is 339 g/mol. The molecule has 0 spiro atoms. The molecule has 6 nitrogen and oxygen atoms in total. The Bertz CT molecular complexity index is 769. The monoisotopic (exact) mass is 339 g/mol. The van der Waals surface area contributed by atoms with Gasteiger partial charge in [-0.05, 0) is 30.4 Å². The van der Waals surface area contributed by atoms with Gasteiger partial charge < -0.3 is 9.88 Å². The largest absolute Gasteiger partial charge is 0.348 e. The molecule has 6 heteroatoms. The first-order valence-corrected chi connectivity index (χ1v) is 9.25. The Morgan fingerprint density at radius 2 is 2.16 bits per heavy atom. The number of amides is 1. The summed E-state index contributed by atoms with van der Waals surface area (Å²) in [7, 11) is 0. The Labute approximate surface area is 148 Å². The van der Waals surface area contributed by atoms with Gasteiger partial charge in [-0.15, -0.1) is 10.2 Å². The van der Waals surface area contributed by atoms with Gasteiger partial charge in [0, 0.05) is 19.5 Å². The highest BCUT2D eigenvalue weighted by Crippen LogP contribution is 2.29. The van der Waals surface area contributed by atoms with Crippen molar-refractivity contribution >= 4 is 5.91 Å². The van der Waals surface area contributed by atoms with Gasteiger partial charge in [0.2, 0.25) is 5.91 Å². The molecule has 0 saturated heterocycles. The molecule has 0 bridgehead atoms. The van der Waals surface area contributed by atoms with E-state index in [-0.39, 0.29) is 11.9 Å². The fourth-order valence-corrected chi connectivity index (χ4v) is 4.01. The maximum absolute atomic E-state index is 12.6. The molecular formula is C19H25N5O. The second-order valence-corrected chi connectivity index (χ2v) is 6.96. The van der Waals surface area contributed by atoms with E-state index in [1.54, 1.807) is 0 Å². The lowest BCUT2D eigenvalue weighted by molar-refractivity contribution is -0.123. The van der Waals surface area contributed by atoms with Gasteiger partial charge in [-0.25, -0.2) is 0 Å². The zero-order chi connectivity index (χ0) is 17.2. The number of nitrogens with one attached hydrogen (secondary N) is 1. The van der Waals surface area contributed by atoms with Crippen molar-refractivity contribution < 1.29 is 4.79 Å². The smallest absolute Gasteiger partial charge is 0.234 e. The highest BCUT2D eigenvalue weighted by atomic mass is 16.2. The molecule has 1 aliphatic carbocycles. The van der Waals surface area contributed by atoms with Crippen LogP contribution in [0.25, 0.3) is 0 Å². The van der Waals surface area contributed by atoms with Crippen LogP contribution in [0.2, 0.25) is 0 Å². The van der Waals surface area contributed by atoms with E-state index in [4.69, 9.17) is 0 Å². The molecule has 4 rings (SSSR count). The summed E-state index contributed by atoms with van der Waals surface area (Å²) in [6.45, 7) is 4.95. The molecule has 2 aliphatic rings. The van der Waals surface area contributed by atoms with Gasteiger partial charge in [-0.2, -0.15) is 0 Å². The number of benzene rings is 1. The topological polar surface area (TPSA) is 63.1 Å². The van der Waals surface area contributed by atoms with Crippen LogP contribution in [0.15, 0.2) is 24.3 Å². The Morgan fingerprint density at radius 1 is 1.28 bits per heavy atom. The third kappa shape index (κ3) is 3.31. The van der Waals surface area contributed by atoms with Gasteiger partial charge in [0.15, 0.2) is 0 Å². The first-order chi connectivity index (χ1) is 12.2. The summed E-state index contributed by atoms with van der Waals surface area (Å²) in [5.41, 5.74) is 2.66. The van der Waals surface area contributed by atoms with E-state index < -0.39 is 0 Å². The lowest BCUT2D eigenvalue weighted by atomic mass is 9.88. The van der Waals surface area contributed by atoms with Gasteiger partial charge >= 0.3 is 0 Å². The second-order valence-electron chi connectivity index (χ2n) is 6.96. The number of aromatic nitrogens is 3. The molecule has 1 amide bonds. The molecule has 0 saturated carbocycles. The molecule has 1 aliphatic heterocycles. The van der Waals surface area contributed by atoms with Crippen molar-refractivity contribution in [3.63, 3.8) is 0 Å². The molecule has 1 unspecified atom stereocenters. The van der Waals surface area contributed by atoms with Crippen molar-refractivity contribution in [2.75, 3.05) is 13.1 Å². The van der Waals surface area contributed by atoms with E-state index in [1.165, 1.54) is 11.1 Å². The van der Waals surface area contributed by atoms with Crippen molar-refractivity contribution in [3.8, 4) is 0 Å². The predicted octanol–water partition coefficient (Wildman–Crippen LogP) is 1.85. The van der Waals surface area contributed by atoms with Crippen LogP contribution >= 0.6 is 0 Å². The number of aryl methyl sites for hydroxylation is 2.